The molecule has 4 rings (SSSR count). The average molecular weight is 466 g/mol. The van der Waals surface area contributed by atoms with E-state index in [-0.39, 0.29) is 28.5 Å². The second-order valence-electron chi connectivity index (χ2n) is 7.00. The summed E-state index contributed by atoms with van der Waals surface area (Å²) in [5, 5.41) is 25.3. The molecule has 2 aromatic carbocycles. The summed E-state index contributed by atoms with van der Waals surface area (Å²) in [5.41, 5.74) is 0.180. The van der Waals surface area contributed by atoms with Crippen molar-refractivity contribution < 1.29 is 28.7 Å². The standard InChI is InChI=1S/C21H18N6O7/c1-32-13-8-9-14(15(10-13)33-2)18-16(19(28)11-4-6-12(7-5-11)27(30)31)17(20(29)34-3)22-21-23-24-25-26(18)21/h4-10,18H,1-3H3,(H,22,23,25)/t18-/m0/s1. The van der Waals surface area contributed by atoms with Gasteiger partial charge >= 0.3 is 5.97 Å². The molecule has 1 atom stereocenters. The molecule has 1 N–H and O–H groups in total. The van der Waals surface area contributed by atoms with Gasteiger partial charge in [0.2, 0.25) is 5.95 Å². The first-order chi connectivity index (χ1) is 16.4. The number of anilines is 1. The van der Waals surface area contributed by atoms with Crippen LogP contribution in [0, 0.1) is 10.1 Å². The van der Waals surface area contributed by atoms with E-state index in [9.17, 15) is 19.7 Å². The Kier molecular flexibility index (Phi) is 5.91. The Labute approximate surface area is 192 Å². The van der Waals surface area contributed by atoms with Crippen molar-refractivity contribution >= 4 is 23.4 Å². The first-order valence-corrected chi connectivity index (χ1v) is 9.78. The molecule has 0 amide bonds. The minimum Gasteiger partial charge on any atom is -0.497 e. The fourth-order valence-electron chi connectivity index (χ4n) is 3.61. The van der Waals surface area contributed by atoms with Gasteiger partial charge in [0.15, 0.2) is 5.78 Å². The number of ketones is 1. The number of nitro benzene ring substituents is 1. The number of nitro groups is 1. The number of ether oxygens (including phenoxy) is 3. The number of allylic oxidation sites excluding steroid dienone is 1. The van der Waals surface area contributed by atoms with Crippen molar-refractivity contribution in [2.24, 2.45) is 0 Å². The fraction of sp³-hybridized carbons (Fsp3) is 0.190. The molecule has 1 aliphatic rings. The number of non-ortho nitro benzene ring substituents is 1. The largest absolute Gasteiger partial charge is 0.497 e. The molecule has 1 aliphatic heterocycles. The number of nitrogens with one attached hydrogen (secondary N) is 1. The molecule has 13 heteroatoms. The minimum absolute atomic E-state index is 0.0380. The molecular formula is C21H18N6O7. The van der Waals surface area contributed by atoms with E-state index in [1.165, 1.54) is 50.3 Å². The first kappa shape index (κ1) is 22.4. The Morgan fingerprint density at radius 1 is 1.09 bits per heavy atom. The molecule has 0 unspecified atom stereocenters. The number of Topliss-reactive ketones (excluding diaryl/α,β-unsaturated/α-hetero) is 1. The highest BCUT2D eigenvalue weighted by molar-refractivity contribution is 6.15. The summed E-state index contributed by atoms with van der Waals surface area (Å²) < 4.78 is 17.0. The van der Waals surface area contributed by atoms with Gasteiger partial charge in [0.1, 0.15) is 23.2 Å². The van der Waals surface area contributed by atoms with E-state index in [1.807, 2.05) is 0 Å². The molecule has 0 bridgehead atoms. The molecule has 0 radical (unpaired) electrons. The number of hydrogen-bond acceptors (Lipinski definition) is 11. The molecule has 0 saturated heterocycles. The predicted octanol–water partition coefficient (Wildman–Crippen LogP) is 1.92. The van der Waals surface area contributed by atoms with E-state index in [0.29, 0.717) is 17.1 Å². The van der Waals surface area contributed by atoms with E-state index in [4.69, 9.17) is 14.2 Å². The number of carbonyl (C=O) groups excluding carboxylic acids is 2. The van der Waals surface area contributed by atoms with Crippen molar-refractivity contribution in [2.45, 2.75) is 6.04 Å². The third-order valence-electron chi connectivity index (χ3n) is 5.23. The molecule has 0 fully saturated rings. The fourth-order valence-corrected chi connectivity index (χ4v) is 3.61. The van der Waals surface area contributed by atoms with Gasteiger partial charge in [-0.15, -0.1) is 0 Å². The molecule has 2 heterocycles. The number of aromatic nitrogens is 4. The van der Waals surface area contributed by atoms with Crippen LogP contribution in [0.15, 0.2) is 53.7 Å². The van der Waals surface area contributed by atoms with Crippen molar-refractivity contribution in [1.82, 2.24) is 20.2 Å². The van der Waals surface area contributed by atoms with Crippen LogP contribution in [0.5, 0.6) is 11.5 Å². The van der Waals surface area contributed by atoms with Crippen molar-refractivity contribution in [3.63, 3.8) is 0 Å². The van der Waals surface area contributed by atoms with E-state index in [2.05, 4.69) is 20.8 Å². The molecule has 3 aromatic rings. The maximum Gasteiger partial charge on any atom is 0.355 e. The summed E-state index contributed by atoms with van der Waals surface area (Å²) in [4.78, 5) is 36.9. The number of methoxy groups -OCH3 is 3. The van der Waals surface area contributed by atoms with Gasteiger partial charge in [0.05, 0.1) is 31.8 Å². The maximum absolute atomic E-state index is 13.7. The van der Waals surface area contributed by atoms with Crippen LogP contribution >= 0.6 is 0 Å². The molecule has 13 nitrogen and oxygen atoms in total. The number of rotatable bonds is 7. The zero-order valence-corrected chi connectivity index (χ0v) is 18.2. The Morgan fingerprint density at radius 2 is 1.82 bits per heavy atom. The van der Waals surface area contributed by atoms with Crippen LogP contribution in [0.25, 0.3) is 0 Å². The number of hydrogen-bond donors (Lipinski definition) is 1. The van der Waals surface area contributed by atoms with Gasteiger partial charge in [-0.1, -0.05) is 5.10 Å². The number of nitrogens with zero attached hydrogens (tertiary/aromatic N) is 5. The van der Waals surface area contributed by atoms with Gasteiger partial charge in [0, 0.05) is 29.3 Å². The lowest BCUT2D eigenvalue weighted by Gasteiger charge is -2.29. The Morgan fingerprint density at radius 3 is 2.44 bits per heavy atom. The van der Waals surface area contributed by atoms with Crippen molar-refractivity contribution in [3.05, 3.63) is 75.0 Å². The molecule has 34 heavy (non-hydrogen) atoms. The van der Waals surface area contributed by atoms with Crippen LogP contribution in [-0.4, -0.2) is 58.2 Å². The van der Waals surface area contributed by atoms with Crippen molar-refractivity contribution in [2.75, 3.05) is 26.6 Å². The number of benzene rings is 2. The van der Waals surface area contributed by atoms with Gasteiger partial charge < -0.3 is 19.5 Å². The number of tetrazole rings is 1. The van der Waals surface area contributed by atoms with Gasteiger partial charge in [-0.25, -0.2) is 4.79 Å². The summed E-state index contributed by atoms with van der Waals surface area (Å²) >= 11 is 0. The number of carbonyl (C=O) groups is 2. The Balaban J connectivity index is 1.95. The van der Waals surface area contributed by atoms with Gasteiger partial charge in [0.25, 0.3) is 5.69 Å². The minimum atomic E-state index is -0.996. The lowest BCUT2D eigenvalue weighted by molar-refractivity contribution is -0.384. The van der Waals surface area contributed by atoms with E-state index in [1.54, 1.807) is 18.2 Å². The van der Waals surface area contributed by atoms with Gasteiger partial charge in [-0.05, 0) is 34.7 Å². The van der Waals surface area contributed by atoms with Crippen molar-refractivity contribution in [3.8, 4) is 11.5 Å². The highest BCUT2D eigenvalue weighted by Gasteiger charge is 2.40. The monoisotopic (exact) mass is 466 g/mol. The van der Waals surface area contributed by atoms with E-state index in [0.717, 1.165) is 0 Å². The highest BCUT2D eigenvalue weighted by Crippen LogP contribution is 2.41. The third-order valence-corrected chi connectivity index (χ3v) is 5.23. The first-order valence-electron chi connectivity index (χ1n) is 9.78. The third kappa shape index (κ3) is 3.79. The second kappa shape index (κ2) is 8.97. The van der Waals surface area contributed by atoms with Crippen LogP contribution < -0.4 is 14.8 Å². The smallest absolute Gasteiger partial charge is 0.355 e. The van der Waals surface area contributed by atoms with Gasteiger partial charge in [-0.2, -0.15) is 4.68 Å². The zero-order valence-electron chi connectivity index (χ0n) is 18.2. The molecule has 0 saturated carbocycles. The SMILES string of the molecule is COC(=O)C1=C(C(=O)c2ccc([N+](=O)[O-])cc2)[C@H](c2ccc(OC)cc2OC)n2nnnc2N1. The van der Waals surface area contributed by atoms with E-state index >= 15 is 0 Å². The summed E-state index contributed by atoms with van der Waals surface area (Å²) in [6.07, 6.45) is 0. The molecule has 1 aromatic heterocycles. The van der Waals surface area contributed by atoms with Crippen LogP contribution in [0.4, 0.5) is 11.6 Å². The second-order valence-corrected chi connectivity index (χ2v) is 7.00. The molecule has 0 spiro atoms. The summed E-state index contributed by atoms with van der Waals surface area (Å²) in [6, 6.07) is 8.96. The van der Waals surface area contributed by atoms with E-state index < -0.39 is 22.7 Å². The van der Waals surface area contributed by atoms with Crippen LogP contribution in [0.3, 0.4) is 0 Å². The summed E-state index contributed by atoms with van der Waals surface area (Å²) in [7, 11) is 4.12. The summed E-state index contributed by atoms with van der Waals surface area (Å²) in [6.45, 7) is 0. The topological polar surface area (TPSA) is 161 Å². The Hall–Kier alpha value is -4.81. The van der Waals surface area contributed by atoms with Crippen LogP contribution in [-0.2, 0) is 9.53 Å². The maximum atomic E-state index is 13.7. The lowest BCUT2D eigenvalue weighted by atomic mass is 9.88. The van der Waals surface area contributed by atoms with Crippen LogP contribution in [0.2, 0.25) is 0 Å². The predicted molar refractivity (Wildman–Crippen MR) is 116 cm³/mol. The van der Waals surface area contributed by atoms with Crippen LogP contribution in [0.1, 0.15) is 22.0 Å². The Bertz CT molecular complexity index is 1320. The molecule has 0 aliphatic carbocycles. The molecular weight excluding hydrogens is 448 g/mol. The zero-order chi connectivity index (χ0) is 24.4. The normalized spacial score (nSPS) is 14.6. The number of esters is 1. The van der Waals surface area contributed by atoms with Gasteiger partial charge in [-0.3, -0.25) is 14.9 Å². The lowest BCUT2D eigenvalue weighted by Crippen LogP contribution is -2.33. The highest BCUT2D eigenvalue weighted by atomic mass is 16.6. The summed E-state index contributed by atoms with van der Waals surface area (Å²) in [5.74, 6) is -0.454. The number of fused-ring (bicyclic) bond motifs is 1. The van der Waals surface area contributed by atoms with Crippen molar-refractivity contribution in [1.29, 1.82) is 0 Å². The average Bonchev–Trinajstić information content (AvgIpc) is 3.34. The quantitative estimate of drug-likeness (QED) is 0.234. The molecule has 174 valence electrons.